The highest BCUT2D eigenvalue weighted by Crippen LogP contribution is 2.28. The largest absolute Gasteiger partial charge is 0.441 e. The van der Waals surface area contributed by atoms with Crippen LogP contribution < -0.4 is 0 Å². The fourth-order valence-electron chi connectivity index (χ4n) is 2.32. The van der Waals surface area contributed by atoms with Crippen molar-refractivity contribution in [3.8, 4) is 0 Å². The molecule has 3 rings (SSSR count). The highest BCUT2D eigenvalue weighted by atomic mass is 16.4. The number of aryl methyl sites for hydroxylation is 2. The Kier molecular flexibility index (Phi) is 1.94. The third-order valence-electron chi connectivity index (χ3n) is 3.32. The molecule has 16 heavy (non-hydrogen) atoms. The van der Waals surface area contributed by atoms with Crippen LogP contribution in [0.5, 0.6) is 0 Å². The topological polar surface area (TPSA) is 30.4 Å². The third-order valence-corrected chi connectivity index (χ3v) is 3.32. The number of rotatable bonds is 0. The summed E-state index contributed by atoms with van der Waals surface area (Å²) in [5.74, 6) is 1.15. The van der Waals surface area contributed by atoms with Gasteiger partial charge in [-0.2, -0.15) is 5.10 Å². The van der Waals surface area contributed by atoms with Gasteiger partial charge >= 0.3 is 0 Å². The van der Waals surface area contributed by atoms with Crippen LogP contribution in [0.15, 0.2) is 10.5 Å². The lowest BCUT2D eigenvalue weighted by Gasteiger charge is -2.14. The lowest BCUT2D eigenvalue weighted by Crippen LogP contribution is -2.13. The van der Waals surface area contributed by atoms with Crippen molar-refractivity contribution in [2.24, 2.45) is 0 Å². The van der Waals surface area contributed by atoms with Crippen LogP contribution in [0.2, 0.25) is 0 Å². The monoisotopic (exact) mass is 218 g/mol. The molecule has 1 aliphatic rings. The van der Waals surface area contributed by atoms with Crippen molar-refractivity contribution in [3.63, 3.8) is 0 Å². The molecule has 0 spiro atoms. The minimum absolute atomic E-state index is 0.0933. The van der Waals surface area contributed by atoms with Gasteiger partial charge in [0.15, 0.2) is 0 Å². The average Bonchev–Trinajstić information content (AvgIpc) is 2.72. The number of hydrogen-bond donors (Lipinski definition) is 0. The third kappa shape index (κ3) is 1.38. The molecule has 0 fully saturated rings. The molecule has 0 bridgehead atoms. The fraction of sp³-hybridized carbons (Fsp3) is 0.615. The molecule has 0 N–H and O–H groups in total. The molecule has 0 aliphatic heterocycles. The first kappa shape index (κ1) is 9.94. The molecule has 0 atom stereocenters. The van der Waals surface area contributed by atoms with E-state index in [1.54, 1.807) is 0 Å². The maximum atomic E-state index is 5.87. The van der Waals surface area contributed by atoms with E-state index in [-0.39, 0.29) is 5.41 Å². The summed E-state index contributed by atoms with van der Waals surface area (Å²) < 4.78 is 7.88. The standard InChI is InChI=1S/C13H18N2O/c1-13(2,3)11-8-12-15(14-11)9-6-4-5-7-10(9)16-12/h8H,4-7H2,1-3H3. The fourth-order valence-corrected chi connectivity index (χ4v) is 2.32. The van der Waals surface area contributed by atoms with Crippen LogP contribution in [0.25, 0.3) is 5.71 Å². The first-order valence-electron chi connectivity index (χ1n) is 6.06. The van der Waals surface area contributed by atoms with E-state index in [0.717, 1.165) is 30.0 Å². The van der Waals surface area contributed by atoms with Crippen LogP contribution in [0.4, 0.5) is 0 Å². The van der Waals surface area contributed by atoms with E-state index in [1.807, 2.05) is 4.52 Å². The molecule has 3 nitrogen and oxygen atoms in total. The van der Waals surface area contributed by atoms with Gasteiger partial charge in [-0.15, -0.1) is 0 Å². The summed E-state index contributed by atoms with van der Waals surface area (Å²) in [4.78, 5) is 0. The minimum Gasteiger partial charge on any atom is -0.441 e. The molecule has 0 saturated carbocycles. The maximum Gasteiger partial charge on any atom is 0.222 e. The van der Waals surface area contributed by atoms with Crippen molar-refractivity contribution in [1.29, 1.82) is 0 Å². The van der Waals surface area contributed by atoms with Crippen LogP contribution >= 0.6 is 0 Å². The van der Waals surface area contributed by atoms with Gasteiger partial charge in [0.05, 0.1) is 11.4 Å². The zero-order chi connectivity index (χ0) is 11.3. The summed E-state index contributed by atoms with van der Waals surface area (Å²) in [5.41, 5.74) is 3.41. The molecule has 2 aromatic heterocycles. The minimum atomic E-state index is 0.0933. The van der Waals surface area contributed by atoms with E-state index >= 15 is 0 Å². The molecule has 0 unspecified atom stereocenters. The average molecular weight is 218 g/mol. The number of fused-ring (bicyclic) bond motifs is 3. The highest BCUT2D eigenvalue weighted by Gasteiger charge is 2.23. The Morgan fingerprint density at radius 3 is 2.75 bits per heavy atom. The zero-order valence-corrected chi connectivity index (χ0v) is 10.2. The molecule has 0 amide bonds. The van der Waals surface area contributed by atoms with Crippen LogP contribution in [0.1, 0.15) is 50.8 Å². The summed E-state index contributed by atoms with van der Waals surface area (Å²) >= 11 is 0. The Morgan fingerprint density at radius 1 is 1.25 bits per heavy atom. The van der Waals surface area contributed by atoms with Crippen molar-refractivity contribution in [2.45, 2.75) is 51.9 Å². The number of aromatic nitrogens is 2. The number of nitrogens with zero attached hydrogens (tertiary/aromatic N) is 2. The summed E-state index contributed by atoms with van der Waals surface area (Å²) in [6.45, 7) is 6.55. The second-order valence-electron chi connectivity index (χ2n) is 5.71. The lowest BCUT2D eigenvalue weighted by molar-refractivity contribution is 0.503. The summed E-state index contributed by atoms with van der Waals surface area (Å²) in [5, 5.41) is 4.68. The van der Waals surface area contributed by atoms with E-state index in [2.05, 4.69) is 31.9 Å². The van der Waals surface area contributed by atoms with Gasteiger partial charge in [-0.1, -0.05) is 20.8 Å². The second kappa shape index (κ2) is 3.12. The smallest absolute Gasteiger partial charge is 0.222 e. The van der Waals surface area contributed by atoms with Gasteiger partial charge in [-0.3, -0.25) is 0 Å². The van der Waals surface area contributed by atoms with Crippen LogP contribution in [-0.2, 0) is 18.3 Å². The Balaban J connectivity index is 2.17. The van der Waals surface area contributed by atoms with Crippen molar-refractivity contribution in [2.75, 3.05) is 0 Å². The zero-order valence-electron chi connectivity index (χ0n) is 10.2. The van der Waals surface area contributed by atoms with Gasteiger partial charge in [0, 0.05) is 17.9 Å². The predicted molar refractivity (Wildman–Crippen MR) is 62.8 cm³/mol. The van der Waals surface area contributed by atoms with Gasteiger partial charge in [0.2, 0.25) is 5.71 Å². The van der Waals surface area contributed by atoms with E-state index < -0.39 is 0 Å². The SMILES string of the molecule is CC(C)(C)c1cc2oc3c(n2n1)CCCC3. The maximum absolute atomic E-state index is 5.87. The van der Waals surface area contributed by atoms with E-state index in [1.165, 1.54) is 18.5 Å². The summed E-state index contributed by atoms with van der Waals surface area (Å²) in [6, 6.07) is 2.08. The molecule has 0 saturated heterocycles. The molecule has 0 radical (unpaired) electrons. The summed E-state index contributed by atoms with van der Waals surface area (Å²) in [6.07, 6.45) is 4.68. The Bertz CT molecular complexity index is 528. The Hall–Kier alpha value is -1.25. The van der Waals surface area contributed by atoms with Gasteiger partial charge in [-0.05, 0) is 19.3 Å². The normalized spacial score (nSPS) is 16.7. The molecule has 3 heteroatoms. The van der Waals surface area contributed by atoms with Gasteiger partial charge in [-0.25, -0.2) is 4.52 Å². The first-order valence-corrected chi connectivity index (χ1v) is 6.06. The van der Waals surface area contributed by atoms with Gasteiger partial charge in [0.25, 0.3) is 0 Å². The molecule has 86 valence electrons. The van der Waals surface area contributed by atoms with Crippen LogP contribution in [0.3, 0.4) is 0 Å². The second-order valence-corrected chi connectivity index (χ2v) is 5.71. The van der Waals surface area contributed by atoms with Crippen LogP contribution in [0, 0.1) is 0 Å². The van der Waals surface area contributed by atoms with Crippen LogP contribution in [-0.4, -0.2) is 9.61 Å². The van der Waals surface area contributed by atoms with Crippen molar-refractivity contribution in [1.82, 2.24) is 9.61 Å². The lowest BCUT2D eigenvalue weighted by atomic mass is 9.93. The molecule has 0 aromatic carbocycles. The molecular weight excluding hydrogens is 200 g/mol. The van der Waals surface area contributed by atoms with E-state index in [4.69, 9.17) is 4.42 Å². The predicted octanol–water partition coefficient (Wildman–Crippen LogP) is 3.10. The van der Waals surface area contributed by atoms with Crippen molar-refractivity contribution >= 4 is 5.71 Å². The molecule has 2 heterocycles. The Morgan fingerprint density at radius 2 is 2.00 bits per heavy atom. The first-order chi connectivity index (χ1) is 7.55. The number of hydrogen-bond acceptors (Lipinski definition) is 2. The van der Waals surface area contributed by atoms with E-state index in [9.17, 15) is 0 Å². The molecule has 1 aliphatic carbocycles. The quantitative estimate of drug-likeness (QED) is 0.680. The van der Waals surface area contributed by atoms with Crippen molar-refractivity contribution in [3.05, 3.63) is 23.2 Å². The highest BCUT2D eigenvalue weighted by molar-refractivity contribution is 5.41. The van der Waals surface area contributed by atoms with Gasteiger partial charge < -0.3 is 4.42 Å². The molecule has 2 aromatic rings. The van der Waals surface area contributed by atoms with Crippen molar-refractivity contribution < 1.29 is 4.42 Å². The number of oxazole rings is 1. The van der Waals surface area contributed by atoms with E-state index in [0.29, 0.717) is 0 Å². The molecular formula is C13H18N2O. The summed E-state index contributed by atoms with van der Waals surface area (Å²) in [7, 11) is 0. The van der Waals surface area contributed by atoms with Gasteiger partial charge in [0.1, 0.15) is 5.76 Å². The Labute approximate surface area is 95.4 Å².